The first-order chi connectivity index (χ1) is 13.1. The van der Waals surface area contributed by atoms with Crippen molar-refractivity contribution in [3.05, 3.63) is 65.2 Å². The molecule has 4 rings (SSSR count). The Balaban J connectivity index is 1.71. The van der Waals surface area contributed by atoms with Crippen LogP contribution in [0.1, 0.15) is 29.5 Å². The van der Waals surface area contributed by atoms with E-state index in [0.717, 1.165) is 44.5 Å². The maximum absolute atomic E-state index is 13.7. The molecule has 5 heteroatoms. The van der Waals surface area contributed by atoms with Gasteiger partial charge in [0.25, 0.3) is 0 Å². The van der Waals surface area contributed by atoms with Gasteiger partial charge in [-0.2, -0.15) is 0 Å². The van der Waals surface area contributed by atoms with Gasteiger partial charge in [0, 0.05) is 25.6 Å². The molecule has 1 N–H and O–H groups in total. The molecule has 27 heavy (non-hydrogen) atoms. The third-order valence-electron chi connectivity index (χ3n) is 5.89. The highest BCUT2D eigenvalue weighted by molar-refractivity contribution is 7.92. The number of hydrogen-bond donors (Lipinski definition) is 1. The van der Waals surface area contributed by atoms with Gasteiger partial charge < -0.3 is 5.32 Å². The van der Waals surface area contributed by atoms with E-state index in [0.29, 0.717) is 11.4 Å². The van der Waals surface area contributed by atoms with Crippen LogP contribution in [0, 0.1) is 12.8 Å². The Hall–Kier alpha value is -1.69. The van der Waals surface area contributed by atoms with E-state index in [9.17, 15) is 8.42 Å². The molecule has 0 amide bonds. The van der Waals surface area contributed by atoms with E-state index >= 15 is 0 Å². The van der Waals surface area contributed by atoms with Crippen molar-refractivity contribution in [3.63, 3.8) is 0 Å². The number of nitrogens with zero attached hydrogens (tertiary/aromatic N) is 1. The molecule has 2 aliphatic heterocycles. The summed E-state index contributed by atoms with van der Waals surface area (Å²) in [5, 5.41) is 2.95. The van der Waals surface area contributed by atoms with E-state index in [-0.39, 0.29) is 5.92 Å². The van der Waals surface area contributed by atoms with Gasteiger partial charge >= 0.3 is 0 Å². The smallest absolute Gasteiger partial charge is 0.194 e. The standard InChI is InChI=1S/C22H28N2O2S/c1-17-6-4-10-21(14-17)27(25,26)22(19-9-5-12-23-15-19)24-13-11-18-7-2-3-8-20(18)16-24/h2-4,6-8,10,14,19,22-23H,5,9,11-13,15-16H2,1H3. The van der Waals surface area contributed by atoms with Crippen LogP contribution < -0.4 is 5.32 Å². The molecule has 2 aromatic rings. The van der Waals surface area contributed by atoms with Crippen molar-refractivity contribution in [3.8, 4) is 0 Å². The maximum atomic E-state index is 13.7. The first kappa shape index (κ1) is 18.7. The van der Waals surface area contributed by atoms with Crippen LogP contribution in [0.4, 0.5) is 0 Å². The number of fused-ring (bicyclic) bond motifs is 1. The van der Waals surface area contributed by atoms with Gasteiger partial charge in [-0.25, -0.2) is 8.42 Å². The Kier molecular flexibility index (Phi) is 5.35. The third-order valence-corrected chi connectivity index (χ3v) is 8.12. The van der Waals surface area contributed by atoms with Crippen LogP contribution in [0.15, 0.2) is 53.4 Å². The van der Waals surface area contributed by atoms with Gasteiger partial charge in [-0.1, -0.05) is 36.4 Å². The van der Waals surface area contributed by atoms with Gasteiger partial charge in [0.1, 0.15) is 5.37 Å². The van der Waals surface area contributed by atoms with E-state index in [2.05, 4.69) is 34.5 Å². The van der Waals surface area contributed by atoms with Gasteiger partial charge in [-0.05, 0) is 61.6 Å². The average molecular weight is 385 g/mol. The second kappa shape index (κ2) is 7.74. The second-order valence-corrected chi connectivity index (χ2v) is 9.89. The summed E-state index contributed by atoms with van der Waals surface area (Å²) in [7, 11) is -3.44. The third kappa shape index (κ3) is 3.82. The van der Waals surface area contributed by atoms with E-state index in [1.165, 1.54) is 11.1 Å². The Morgan fingerprint density at radius 3 is 2.67 bits per heavy atom. The molecule has 4 nitrogen and oxygen atoms in total. The number of benzene rings is 2. The second-order valence-electron chi connectivity index (χ2n) is 7.85. The summed E-state index contributed by atoms with van der Waals surface area (Å²) in [4.78, 5) is 2.66. The summed E-state index contributed by atoms with van der Waals surface area (Å²) in [5.41, 5.74) is 3.60. The topological polar surface area (TPSA) is 49.4 Å². The fraction of sp³-hybridized carbons (Fsp3) is 0.455. The van der Waals surface area contributed by atoms with Gasteiger partial charge in [0.05, 0.1) is 4.90 Å². The van der Waals surface area contributed by atoms with Crippen molar-refractivity contribution in [2.24, 2.45) is 5.92 Å². The van der Waals surface area contributed by atoms with Crippen LogP contribution in [0.2, 0.25) is 0 Å². The Morgan fingerprint density at radius 1 is 1.11 bits per heavy atom. The molecule has 2 atom stereocenters. The van der Waals surface area contributed by atoms with Crippen LogP contribution in [-0.2, 0) is 22.8 Å². The summed E-state index contributed by atoms with van der Waals surface area (Å²) in [6.45, 7) is 5.21. The average Bonchev–Trinajstić information content (AvgIpc) is 2.69. The summed E-state index contributed by atoms with van der Waals surface area (Å²) in [5.74, 6) is 0.120. The van der Waals surface area contributed by atoms with Gasteiger partial charge in [-0.15, -0.1) is 0 Å². The Labute approximate surface area is 162 Å². The first-order valence-electron chi connectivity index (χ1n) is 9.88. The Bertz CT molecular complexity index is 904. The first-order valence-corrected chi connectivity index (χ1v) is 11.4. The number of hydrogen-bond acceptors (Lipinski definition) is 4. The lowest BCUT2D eigenvalue weighted by Gasteiger charge is -2.40. The molecule has 0 aromatic heterocycles. The maximum Gasteiger partial charge on any atom is 0.194 e. The number of nitrogens with one attached hydrogen (secondary N) is 1. The van der Waals surface area contributed by atoms with Gasteiger partial charge in [0.15, 0.2) is 9.84 Å². The molecular formula is C22H28N2O2S. The van der Waals surface area contributed by atoms with Crippen molar-refractivity contribution in [2.75, 3.05) is 19.6 Å². The molecular weight excluding hydrogens is 356 g/mol. The zero-order chi connectivity index (χ0) is 18.9. The van der Waals surface area contributed by atoms with Crippen LogP contribution in [0.5, 0.6) is 0 Å². The zero-order valence-electron chi connectivity index (χ0n) is 15.9. The van der Waals surface area contributed by atoms with Crippen molar-refractivity contribution in [1.29, 1.82) is 0 Å². The van der Waals surface area contributed by atoms with Gasteiger partial charge in [-0.3, -0.25) is 4.90 Å². The molecule has 2 aliphatic rings. The molecule has 1 fully saturated rings. The normalized spacial score (nSPS) is 22.2. The highest BCUT2D eigenvalue weighted by Gasteiger charge is 2.40. The van der Waals surface area contributed by atoms with Crippen molar-refractivity contribution in [1.82, 2.24) is 10.2 Å². The van der Waals surface area contributed by atoms with Crippen LogP contribution >= 0.6 is 0 Å². The predicted molar refractivity (Wildman–Crippen MR) is 108 cm³/mol. The highest BCUT2D eigenvalue weighted by Crippen LogP contribution is 2.32. The fourth-order valence-electron chi connectivity index (χ4n) is 4.54. The lowest BCUT2D eigenvalue weighted by Crippen LogP contribution is -2.52. The SMILES string of the molecule is Cc1cccc(S(=O)(=O)C(C2CCCNC2)N2CCc3ccccc3C2)c1. The quantitative estimate of drug-likeness (QED) is 0.880. The number of rotatable bonds is 4. The summed E-state index contributed by atoms with van der Waals surface area (Å²) < 4.78 is 27.5. The van der Waals surface area contributed by atoms with E-state index in [4.69, 9.17) is 0 Å². The van der Waals surface area contributed by atoms with Crippen LogP contribution in [-0.4, -0.2) is 38.3 Å². The van der Waals surface area contributed by atoms with E-state index in [1.54, 1.807) is 6.07 Å². The molecule has 0 spiro atoms. The summed E-state index contributed by atoms with van der Waals surface area (Å²) in [6.07, 6.45) is 2.91. The summed E-state index contributed by atoms with van der Waals surface area (Å²) >= 11 is 0. The molecule has 2 heterocycles. The number of sulfone groups is 1. The van der Waals surface area contributed by atoms with Crippen LogP contribution in [0.25, 0.3) is 0 Å². The van der Waals surface area contributed by atoms with E-state index < -0.39 is 15.2 Å². The van der Waals surface area contributed by atoms with Gasteiger partial charge in [0.2, 0.25) is 0 Å². The minimum atomic E-state index is -3.44. The number of piperidine rings is 1. The monoisotopic (exact) mass is 384 g/mol. The molecule has 0 aliphatic carbocycles. The summed E-state index contributed by atoms with van der Waals surface area (Å²) in [6, 6.07) is 15.8. The molecule has 0 bridgehead atoms. The minimum absolute atomic E-state index is 0.120. The molecule has 2 unspecified atom stereocenters. The van der Waals surface area contributed by atoms with Crippen LogP contribution in [0.3, 0.4) is 0 Å². The molecule has 0 radical (unpaired) electrons. The molecule has 0 saturated carbocycles. The predicted octanol–water partition coefficient (Wildman–Crippen LogP) is 3.15. The molecule has 1 saturated heterocycles. The van der Waals surface area contributed by atoms with Crippen molar-refractivity contribution in [2.45, 2.75) is 43.0 Å². The lowest BCUT2D eigenvalue weighted by atomic mass is 9.95. The molecule has 144 valence electrons. The highest BCUT2D eigenvalue weighted by atomic mass is 32.2. The number of aryl methyl sites for hydroxylation is 1. The fourth-order valence-corrected chi connectivity index (χ4v) is 6.75. The zero-order valence-corrected chi connectivity index (χ0v) is 16.7. The minimum Gasteiger partial charge on any atom is -0.316 e. The Morgan fingerprint density at radius 2 is 1.93 bits per heavy atom. The van der Waals surface area contributed by atoms with E-state index in [1.807, 2.05) is 25.1 Å². The van der Waals surface area contributed by atoms with Crippen molar-refractivity contribution >= 4 is 9.84 Å². The van der Waals surface area contributed by atoms with Crippen molar-refractivity contribution < 1.29 is 8.42 Å². The largest absolute Gasteiger partial charge is 0.316 e. The molecule has 2 aromatic carbocycles. The lowest BCUT2D eigenvalue weighted by molar-refractivity contribution is 0.162.